The molecule has 0 saturated carbocycles. The van der Waals surface area contributed by atoms with Crippen molar-refractivity contribution in [3.8, 4) is 5.75 Å². The molecule has 0 fully saturated rings. The summed E-state index contributed by atoms with van der Waals surface area (Å²) in [4.78, 5) is 11.0. The number of carboxylic acid groups (broad SMARTS) is 1. The van der Waals surface area contributed by atoms with E-state index >= 15 is 0 Å². The van der Waals surface area contributed by atoms with Crippen LogP contribution in [0.1, 0.15) is 31.1 Å². The van der Waals surface area contributed by atoms with Crippen LogP contribution in [0.25, 0.3) is 0 Å². The summed E-state index contributed by atoms with van der Waals surface area (Å²) in [6.07, 6.45) is 0. The predicted molar refractivity (Wildman–Crippen MR) is 69.6 cm³/mol. The molecule has 1 aromatic rings. The van der Waals surface area contributed by atoms with Crippen molar-refractivity contribution >= 4 is 17.6 Å². The fourth-order valence-electron chi connectivity index (χ4n) is 1.32. The third kappa shape index (κ3) is 4.55. The average molecular weight is 273 g/mol. The smallest absolute Gasteiger partial charge is 0.339 e. The van der Waals surface area contributed by atoms with Gasteiger partial charge in [0.05, 0.1) is 17.2 Å². The molecule has 0 amide bonds. The molecule has 1 rings (SSSR count). The van der Waals surface area contributed by atoms with Crippen LogP contribution < -0.4 is 4.74 Å². The van der Waals surface area contributed by atoms with Gasteiger partial charge in [0.25, 0.3) is 0 Å². The highest BCUT2D eigenvalue weighted by atomic mass is 35.5. The molecule has 100 valence electrons. The Labute approximate surface area is 111 Å². The van der Waals surface area contributed by atoms with E-state index in [1.54, 1.807) is 12.1 Å². The van der Waals surface area contributed by atoms with Crippen LogP contribution in [0.2, 0.25) is 5.02 Å². The fraction of sp³-hybridized carbons (Fsp3) is 0.462. The molecule has 0 spiro atoms. The van der Waals surface area contributed by atoms with E-state index in [4.69, 9.17) is 26.2 Å². The first kappa shape index (κ1) is 14.8. The van der Waals surface area contributed by atoms with Crippen molar-refractivity contribution in [1.29, 1.82) is 0 Å². The first-order chi connectivity index (χ1) is 8.31. The molecule has 0 saturated heterocycles. The minimum absolute atomic E-state index is 0.0539. The molecule has 0 unspecified atom stereocenters. The number of carbonyl (C=O) groups is 1. The van der Waals surface area contributed by atoms with Gasteiger partial charge in [-0.3, -0.25) is 0 Å². The van der Waals surface area contributed by atoms with Crippen LogP contribution in [0.5, 0.6) is 5.75 Å². The van der Waals surface area contributed by atoms with E-state index in [0.717, 1.165) is 0 Å². The number of ether oxygens (including phenoxy) is 2. The van der Waals surface area contributed by atoms with Gasteiger partial charge in [0.15, 0.2) is 5.75 Å². The molecule has 0 aliphatic heterocycles. The van der Waals surface area contributed by atoms with Crippen LogP contribution in [0.4, 0.5) is 0 Å². The van der Waals surface area contributed by atoms with Crippen molar-refractivity contribution in [1.82, 2.24) is 0 Å². The van der Waals surface area contributed by atoms with Crippen LogP contribution in [0.15, 0.2) is 18.2 Å². The summed E-state index contributed by atoms with van der Waals surface area (Å²) >= 11 is 5.91. The van der Waals surface area contributed by atoms with Gasteiger partial charge >= 0.3 is 5.97 Å². The molecular weight excluding hydrogens is 256 g/mol. The molecule has 18 heavy (non-hydrogen) atoms. The van der Waals surface area contributed by atoms with Gasteiger partial charge in [-0.05, 0) is 32.9 Å². The van der Waals surface area contributed by atoms with Crippen molar-refractivity contribution in [3.05, 3.63) is 28.8 Å². The SMILES string of the molecule is CC(C)(C)OCCOc1c(Cl)cccc1C(=O)O. The lowest BCUT2D eigenvalue weighted by Gasteiger charge is -2.20. The molecule has 0 aliphatic carbocycles. The molecular formula is C13H17ClO4. The van der Waals surface area contributed by atoms with E-state index in [0.29, 0.717) is 6.61 Å². The van der Waals surface area contributed by atoms with E-state index < -0.39 is 5.97 Å². The second-order valence-corrected chi connectivity index (χ2v) is 5.14. The quantitative estimate of drug-likeness (QED) is 0.836. The van der Waals surface area contributed by atoms with Crippen LogP contribution in [0.3, 0.4) is 0 Å². The summed E-state index contributed by atoms with van der Waals surface area (Å²) in [7, 11) is 0. The highest BCUT2D eigenvalue weighted by Crippen LogP contribution is 2.28. The average Bonchev–Trinajstić information content (AvgIpc) is 2.24. The lowest BCUT2D eigenvalue weighted by atomic mass is 10.2. The van der Waals surface area contributed by atoms with Crippen molar-refractivity contribution in [3.63, 3.8) is 0 Å². The van der Waals surface area contributed by atoms with Crippen molar-refractivity contribution in [2.24, 2.45) is 0 Å². The van der Waals surface area contributed by atoms with Gasteiger partial charge in [0.2, 0.25) is 0 Å². The monoisotopic (exact) mass is 272 g/mol. The van der Waals surface area contributed by atoms with Gasteiger partial charge in [0.1, 0.15) is 12.2 Å². The summed E-state index contributed by atoms with van der Waals surface area (Å²) in [6.45, 7) is 6.43. The van der Waals surface area contributed by atoms with Gasteiger partial charge in [-0.25, -0.2) is 4.79 Å². The van der Waals surface area contributed by atoms with E-state index in [2.05, 4.69) is 0 Å². The third-order valence-corrected chi connectivity index (χ3v) is 2.36. The Morgan fingerprint density at radius 2 is 2.00 bits per heavy atom. The van der Waals surface area contributed by atoms with E-state index in [1.807, 2.05) is 20.8 Å². The number of benzene rings is 1. The molecule has 1 aromatic carbocycles. The summed E-state index contributed by atoms with van der Waals surface area (Å²) in [6, 6.07) is 4.62. The van der Waals surface area contributed by atoms with Crippen molar-refractivity contribution < 1.29 is 19.4 Å². The minimum atomic E-state index is -1.07. The lowest BCUT2D eigenvalue weighted by molar-refractivity contribution is -0.0164. The molecule has 0 radical (unpaired) electrons. The zero-order chi connectivity index (χ0) is 13.8. The Hall–Kier alpha value is -1.26. The predicted octanol–water partition coefficient (Wildman–Crippen LogP) is 3.23. The maximum Gasteiger partial charge on any atom is 0.339 e. The standard InChI is InChI=1S/C13H17ClO4/c1-13(2,3)18-8-7-17-11-9(12(15)16)5-4-6-10(11)14/h4-6H,7-8H2,1-3H3,(H,15,16). The molecule has 0 aromatic heterocycles. The maximum atomic E-state index is 11.0. The molecule has 0 heterocycles. The summed E-state index contributed by atoms with van der Waals surface area (Å²) in [5, 5.41) is 9.29. The lowest BCUT2D eigenvalue weighted by Crippen LogP contribution is -2.22. The molecule has 0 aliphatic rings. The summed E-state index contributed by atoms with van der Waals surface area (Å²) < 4.78 is 10.9. The van der Waals surface area contributed by atoms with Gasteiger partial charge in [-0.2, -0.15) is 0 Å². The van der Waals surface area contributed by atoms with E-state index in [1.165, 1.54) is 6.07 Å². The molecule has 5 heteroatoms. The van der Waals surface area contributed by atoms with Crippen molar-refractivity contribution in [2.75, 3.05) is 13.2 Å². The van der Waals surface area contributed by atoms with E-state index in [9.17, 15) is 4.79 Å². The third-order valence-electron chi connectivity index (χ3n) is 2.06. The first-order valence-electron chi connectivity index (χ1n) is 5.60. The molecule has 0 bridgehead atoms. The van der Waals surface area contributed by atoms with Crippen LogP contribution in [-0.2, 0) is 4.74 Å². The molecule has 1 N–H and O–H groups in total. The van der Waals surface area contributed by atoms with Crippen LogP contribution in [-0.4, -0.2) is 29.9 Å². The summed E-state index contributed by atoms with van der Waals surface area (Å²) in [5.41, 5.74) is -0.197. The summed E-state index contributed by atoms with van der Waals surface area (Å²) in [5.74, 6) is -0.881. The maximum absolute atomic E-state index is 11.0. The molecule has 4 nitrogen and oxygen atoms in total. The number of halogens is 1. The Morgan fingerprint density at radius 1 is 1.33 bits per heavy atom. The number of carboxylic acids is 1. The fourth-order valence-corrected chi connectivity index (χ4v) is 1.54. The molecule has 0 atom stereocenters. The van der Waals surface area contributed by atoms with Gasteiger partial charge in [-0.15, -0.1) is 0 Å². The topological polar surface area (TPSA) is 55.8 Å². The number of hydrogen-bond donors (Lipinski definition) is 1. The second kappa shape index (κ2) is 6.07. The Bertz CT molecular complexity index is 423. The Kier molecular flexibility index (Phi) is 4.99. The van der Waals surface area contributed by atoms with E-state index in [-0.39, 0.29) is 28.5 Å². The highest BCUT2D eigenvalue weighted by molar-refractivity contribution is 6.32. The second-order valence-electron chi connectivity index (χ2n) is 4.73. The minimum Gasteiger partial charge on any atom is -0.489 e. The van der Waals surface area contributed by atoms with Crippen molar-refractivity contribution in [2.45, 2.75) is 26.4 Å². The van der Waals surface area contributed by atoms with Gasteiger partial charge < -0.3 is 14.6 Å². The van der Waals surface area contributed by atoms with Crippen LogP contribution in [0, 0.1) is 0 Å². The number of aromatic carboxylic acids is 1. The number of para-hydroxylation sites is 1. The normalized spacial score (nSPS) is 11.3. The number of hydrogen-bond acceptors (Lipinski definition) is 3. The first-order valence-corrected chi connectivity index (χ1v) is 5.97. The van der Waals surface area contributed by atoms with Gasteiger partial charge in [-0.1, -0.05) is 17.7 Å². The van der Waals surface area contributed by atoms with Gasteiger partial charge in [0, 0.05) is 0 Å². The largest absolute Gasteiger partial charge is 0.489 e. The van der Waals surface area contributed by atoms with Crippen LogP contribution >= 0.6 is 11.6 Å². The Morgan fingerprint density at radius 3 is 2.56 bits per heavy atom. The zero-order valence-corrected chi connectivity index (χ0v) is 11.5. The highest BCUT2D eigenvalue weighted by Gasteiger charge is 2.15. The Balaban J connectivity index is 2.64. The zero-order valence-electron chi connectivity index (χ0n) is 10.7. The number of rotatable bonds is 5.